The summed E-state index contributed by atoms with van der Waals surface area (Å²) < 4.78 is 6.93. The maximum absolute atomic E-state index is 5.94. The molecule has 0 unspecified atom stereocenters. The summed E-state index contributed by atoms with van der Waals surface area (Å²) in [5.74, 6) is 1.41. The van der Waals surface area contributed by atoms with Gasteiger partial charge in [0.25, 0.3) is 0 Å². The number of hydrogen-bond donors (Lipinski definition) is 0. The van der Waals surface area contributed by atoms with Crippen LogP contribution in [0.15, 0.2) is 16.6 Å². The lowest BCUT2D eigenvalue weighted by molar-refractivity contribution is 0.240. The molecule has 3 heteroatoms. The summed E-state index contributed by atoms with van der Waals surface area (Å²) in [5.41, 5.74) is 2.47. The number of alkyl halides is 1. The molecule has 0 amide bonds. The van der Waals surface area contributed by atoms with Gasteiger partial charge in [0.15, 0.2) is 0 Å². The fourth-order valence-electron chi connectivity index (χ4n) is 1.56. The highest BCUT2D eigenvalue weighted by atomic mass is 79.9. The smallest absolute Gasteiger partial charge is 0.126 e. The SMILES string of the molecule is Cc1cc(Br)cc(CCl)c1OCCC(C)(C)C. The van der Waals surface area contributed by atoms with Crippen molar-refractivity contribution in [3.05, 3.63) is 27.7 Å². The molecule has 1 aromatic carbocycles. The largest absolute Gasteiger partial charge is 0.493 e. The molecule has 1 nitrogen and oxygen atoms in total. The van der Waals surface area contributed by atoms with E-state index in [9.17, 15) is 0 Å². The molecule has 0 aromatic heterocycles. The van der Waals surface area contributed by atoms with Crippen LogP contribution in [0.2, 0.25) is 0 Å². The molecular weight excluding hydrogens is 300 g/mol. The maximum Gasteiger partial charge on any atom is 0.126 e. The van der Waals surface area contributed by atoms with E-state index < -0.39 is 0 Å². The second-order valence-corrected chi connectivity index (χ2v) is 6.69. The molecule has 0 bridgehead atoms. The number of hydrogen-bond acceptors (Lipinski definition) is 1. The van der Waals surface area contributed by atoms with Gasteiger partial charge in [0, 0.05) is 10.0 Å². The first-order valence-corrected chi connectivity index (χ1v) is 7.14. The van der Waals surface area contributed by atoms with E-state index in [0.29, 0.717) is 11.3 Å². The van der Waals surface area contributed by atoms with Crippen molar-refractivity contribution < 1.29 is 4.74 Å². The van der Waals surface area contributed by atoms with Gasteiger partial charge >= 0.3 is 0 Å². The molecule has 0 aliphatic carbocycles. The lowest BCUT2D eigenvalue weighted by atomic mass is 9.93. The summed E-state index contributed by atoms with van der Waals surface area (Å²) >= 11 is 9.42. The molecule has 0 heterocycles. The van der Waals surface area contributed by atoms with Crippen molar-refractivity contribution in [2.75, 3.05) is 6.61 Å². The van der Waals surface area contributed by atoms with E-state index in [1.165, 1.54) is 0 Å². The van der Waals surface area contributed by atoms with Gasteiger partial charge in [-0.25, -0.2) is 0 Å². The van der Waals surface area contributed by atoms with E-state index in [4.69, 9.17) is 16.3 Å². The van der Waals surface area contributed by atoms with Crippen LogP contribution in [0.1, 0.15) is 38.3 Å². The van der Waals surface area contributed by atoms with Crippen molar-refractivity contribution in [2.45, 2.75) is 40.0 Å². The molecule has 1 rings (SSSR count). The number of aryl methyl sites for hydroxylation is 1. The Bertz CT molecular complexity index is 383. The Morgan fingerprint density at radius 1 is 1.29 bits per heavy atom. The van der Waals surface area contributed by atoms with E-state index in [0.717, 1.165) is 34.4 Å². The van der Waals surface area contributed by atoms with Gasteiger partial charge in [0.05, 0.1) is 12.5 Å². The van der Waals surface area contributed by atoms with Gasteiger partial charge in [-0.05, 0) is 36.5 Å². The molecule has 0 N–H and O–H groups in total. The van der Waals surface area contributed by atoms with Crippen LogP contribution >= 0.6 is 27.5 Å². The van der Waals surface area contributed by atoms with Gasteiger partial charge in [0.1, 0.15) is 5.75 Å². The highest BCUT2D eigenvalue weighted by molar-refractivity contribution is 9.10. The van der Waals surface area contributed by atoms with Crippen molar-refractivity contribution >= 4 is 27.5 Å². The predicted molar refractivity (Wildman–Crippen MR) is 78.0 cm³/mol. The Morgan fingerprint density at radius 3 is 2.47 bits per heavy atom. The van der Waals surface area contributed by atoms with Crippen LogP contribution in [0, 0.1) is 12.3 Å². The lowest BCUT2D eigenvalue weighted by Crippen LogP contribution is -2.12. The average molecular weight is 320 g/mol. The third-order valence-electron chi connectivity index (χ3n) is 2.56. The number of rotatable bonds is 4. The fourth-order valence-corrected chi connectivity index (χ4v) is 2.38. The first kappa shape index (κ1) is 14.8. The van der Waals surface area contributed by atoms with Crippen LogP contribution < -0.4 is 4.74 Å². The molecule has 0 atom stereocenters. The van der Waals surface area contributed by atoms with Crippen molar-refractivity contribution in [3.63, 3.8) is 0 Å². The van der Waals surface area contributed by atoms with E-state index in [1.807, 2.05) is 13.0 Å². The van der Waals surface area contributed by atoms with Crippen LogP contribution in [-0.2, 0) is 5.88 Å². The third-order valence-corrected chi connectivity index (χ3v) is 3.30. The van der Waals surface area contributed by atoms with Gasteiger partial charge in [-0.2, -0.15) is 0 Å². The van der Waals surface area contributed by atoms with Crippen LogP contribution in [0.25, 0.3) is 0 Å². The van der Waals surface area contributed by atoms with E-state index in [2.05, 4.69) is 42.8 Å². The normalized spacial score (nSPS) is 11.6. The Hall–Kier alpha value is -0.210. The summed E-state index contributed by atoms with van der Waals surface area (Å²) in [4.78, 5) is 0. The van der Waals surface area contributed by atoms with Crippen molar-refractivity contribution in [1.29, 1.82) is 0 Å². The van der Waals surface area contributed by atoms with Crippen LogP contribution in [0.4, 0.5) is 0 Å². The Kier molecular flexibility index (Phi) is 5.33. The molecule has 0 aliphatic rings. The minimum absolute atomic E-state index is 0.296. The minimum Gasteiger partial charge on any atom is -0.493 e. The number of halogens is 2. The van der Waals surface area contributed by atoms with Gasteiger partial charge in [-0.1, -0.05) is 36.7 Å². The first-order chi connectivity index (χ1) is 7.83. The van der Waals surface area contributed by atoms with Crippen molar-refractivity contribution in [1.82, 2.24) is 0 Å². The molecular formula is C14H20BrClO. The van der Waals surface area contributed by atoms with Crippen LogP contribution in [-0.4, -0.2) is 6.61 Å². The van der Waals surface area contributed by atoms with Gasteiger partial charge in [-0.15, -0.1) is 11.6 Å². The van der Waals surface area contributed by atoms with Crippen LogP contribution in [0.5, 0.6) is 5.75 Å². The molecule has 0 spiro atoms. The van der Waals surface area contributed by atoms with Gasteiger partial charge < -0.3 is 4.74 Å². The predicted octanol–water partition coefficient (Wildman–Crippen LogP) is 5.31. The number of ether oxygens (including phenoxy) is 1. The third kappa shape index (κ3) is 4.89. The van der Waals surface area contributed by atoms with Gasteiger partial charge in [-0.3, -0.25) is 0 Å². The standard InChI is InChI=1S/C14H20BrClO/c1-10-7-12(15)8-11(9-16)13(10)17-6-5-14(2,3)4/h7-8H,5-6,9H2,1-4H3. The minimum atomic E-state index is 0.296. The average Bonchev–Trinajstić information content (AvgIpc) is 2.18. The fraction of sp³-hybridized carbons (Fsp3) is 0.571. The zero-order chi connectivity index (χ0) is 13.1. The summed E-state index contributed by atoms with van der Waals surface area (Å²) in [6.45, 7) is 9.43. The highest BCUT2D eigenvalue weighted by Crippen LogP contribution is 2.30. The molecule has 96 valence electrons. The molecule has 1 aromatic rings. The topological polar surface area (TPSA) is 9.23 Å². The molecule has 0 aliphatic heterocycles. The molecule has 0 fully saturated rings. The molecule has 0 saturated carbocycles. The van der Waals surface area contributed by atoms with Crippen molar-refractivity contribution in [2.24, 2.45) is 5.41 Å². The quantitative estimate of drug-likeness (QED) is 0.683. The zero-order valence-corrected chi connectivity index (χ0v) is 13.3. The lowest BCUT2D eigenvalue weighted by Gasteiger charge is -2.20. The summed E-state index contributed by atoms with van der Waals surface area (Å²) in [7, 11) is 0. The Morgan fingerprint density at radius 2 is 1.94 bits per heavy atom. The Balaban J connectivity index is 2.76. The molecule has 17 heavy (non-hydrogen) atoms. The summed E-state index contributed by atoms with van der Waals surface area (Å²) in [6, 6.07) is 4.08. The van der Waals surface area contributed by atoms with E-state index in [1.54, 1.807) is 0 Å². The zero-order valence-electron chi connectivity index (χ0n) is 10.9. The summed E-state index contributed by atoms with van der Waals surface area (Å²) in [6.07, 6.45) is 1.03. The first-order valence-electron chi connectivity index (χ1n) is 5.81. The van der Waals surface area contributed by atoms with Crippen molar-refractivity contribution in [3.8, 4) is 5.75 Å². The van der Waals surface area contributed by atoms with Gasteiger partial charge in [0.2, 0.25) is 0 Å². The van der Waals surface area contributed by atoms with E-state index in [-0.39, 0.29) is 0 Å². The molecule has 0 saturated heterocycles. The highest BCUT2D eigenvalue weighted by Gasteiger charge is 2.12. The van der Waals surface area contributed by atoms with E-state index >= 15 is 0 Å². The summed E-state index contributed by atoms with van der Waals surface area (Å²) in [5, 5.41) is 0. The maximum atomic E-state index is 5.94. The number of benzene rings is 1. The molecule has 0 radical (unpaired) electrons. The monoisotopic (exact) mass is 318 g/mol. The Labute approximate surface area is 118 Å². The van der Waals surface area contributed by atoms with Crippen LogP contribution in [0.3, 0.4) is 0 Å². The second kappa shape index (κ2) is 6.10. The second-order valence-electron chi connectivity index (χ2n) is 5.50.